The first-order valence-corrected chi connectivity index (χ1v) is 7.22. The molecule has 1 aromatic rings. The van der Waals surface area contributed by atoms with E-state index < -0.39 is 0 Å². The van der Waals surface area contributed by atoms with Gasteiger partial charge in [-0.3, -0.25) is 9.59 Å². The molecule has 1 saturated heterocycles. The molecule has 0 unspecified atom stereocenters. The maximum Gasteiger partial charge on any atom is 0.225 e. The van der Waals surface area contributed by atoms with Gasteiger partial charge < -0.3 is 14.5 Å². The van der Waals surface area contributed by atoms with Crippen molar-refractivity contribution in [2.24, 2.45) is 0 Å². The van der Waals surface area contributed by atoms with Gasteiger partial charge in [-0.1, -0.05) is 30.3 Å². The molecule has 1 fully saturated rings. The van der Waals surface area contributed by atoms with Crippen LogP contribution >= 0.6 is 0 Å². The number of hydrogen-bond acceptors (Lipinski definition) is 3. The third-order valence-corrected chi connectivity index (χ3v) is 3.84. The molecule has 1 aliphatic heterocycles. The van der Waals surface area contributed by atoms with E-state index in [0.717, 1.165) is 5.56 Å². The number of carbonyl (C=O) groups is 2. The van der Waals surface area contributed by atoms with Gasteiger partial charge in [0.25, 0.3) is 0 Å². The molecule has 21 heavy (non-hydrogen) atoms. The highest BCUT2D eigenvalue weighted by atomic mass is 16.5. The van der Waals surface area contributed by atoms with E-state index in [1.54, 1.807) is 14.0 Å². The van der Waals surface area contributed by atoms with Crippen LogP contribution in [0.3, 0.4) is 0 Å². The lowest BCUT2D eigenvalue weighted by Gasteiger charge is -2.41. The molecule has 0 aliphatic carbocycles. The monoisotopic (exact) mass is 290 g/mol. The average molecular weight is 290 g/mol. The molecule has 0 bridgehead atoms. The quantitative estimate of drug-likeness (QED) is 0.843. The SMILES string of the molecule is COCCC(=O)N1CCN(C(C)=O)[C@@H](c2ccccc2)C1. The van der Waals surface area contributed by atoms with Gasteiger partial charge >= 0.3 is 0 Å². The molecule has 0 N–H and O–H groups in total. The van der Waals surface area contributed by atoms with E-state index >= 15 is 0 Å². The molecule has 1 aliphatic rings. The topological polar surface area (TPSA) is 49.9 Å². The molecule has 114 valence electrons. The van der Waals surface area contributed by atoms with Crippen LogP contribution in [0.2, 0.25) is 0 Å². The summed E-state index contributed by atoms with van der Waals surface area (Å²) >= 11 is 0. The highest BCUT2D eigenvalue weighted by molar-refractivity contribution is 5.78. The lowest BCUT2D eigenvalue weighted by Crippen LogP contribution is -2.51. The molecule has 1 atom stereocenters. The summed E-state index contributed by atoms with van der Waals surface area (Å²) in [6.07, 6.45) is 0.387. The molecule has 0 spiro atoms. The minimum Gasteiger partial charge on any atom is -0.384 e. The summed E-state index contributed by atoms with van der Waals surface area (Å²) in [5.74, 6) is 0.133. The van der Waals surface area contributed by atoms with Crippen LogP contribution in [0, 0.1) is 0 Å². The van der Waals surface area contributed by atoms with Crippen LogP contribution in [0.15, 0.2) is 30.3 Å². The first kappa shape index (κ1) is 15.5. The van der Waals surface area contributed by atoms with Gasteiger partial charge in [0, 0.05) is 33.7 Å². The average Bonchev–Trinajstić information content (AvgIpc) is 2.52. The van der Waals surface area contributed by atoms with Crippen molar-refractivity contribution in [3.05, 3.63) is 35.9 Å². The number of hydrogen-bond donors (Lipinski definition) is 0. The molecule has 5 nitrogen and oxygen atoms in total. The van der Waals surface area contributed by atoms with Crippen LogP contribution in [0.25, 0.3) is 0 Å². The number of methoxy groups -OCH3 is 1. The summed E-state index contributed by atoms with van der Waals surface area (Å²) in [5, 5.41) is 0. The molecule has 0 aromatic heterocycles. The highest BCUT2D eigenvalue weighted by Crippen LogP contribution is 2.25. The highest BCUT2D eigenvalue weighted by Gasteiger charge is 2.31. The van der Waals surface area contributed by atoms with Crippen LogP contribution < -0.4 is 0 Å². The summed E-state index contributed by atoms with van der Waals surface area (Å²) in [5.41, 5.74) is 1.07. The van der Waals surface area contributed by atoms with Crippen LogP contribution in [-0.4, -0.2) is 55.0 Å². The number of carbonyl (C=O) groups excluding carboxylic acids is 2. The van der Waals surface area contributed by atoms with E-state index in [1.807, 2.05) is 40.1 Å². The summed E-state index contributed by atoms with van der Waals surface area (Å²) < 4.78 is 4.96. The molecular formula is C16H22N2O3. The van der Waals surface area contributed by atoms with Gasteiger partial charge in [-0.15, -0.1) is 0 Å². The fourth-order valence-corrected chi connectivity index (χ4v) is 2.69. The first-order chi connectivity index (χ1) is 10.1. The normalized spacial score (nSPS) is 18.7. The van der Waals surface area contributed by atoms with Crippen LogP contribution in [0.4, 0.5) is 0 Å². The van der Waals surface area contributed by atoms with Crippen molar-refractivity contribution in [3.63, 3.8) is 0 Å². The van der Waals surface area contributed by atoms with Crippen molar-refractivity contribution in [2.45, 2.75) is 19.4 Å². The Bertz CT molecular complexity index is 490. The second-order valence-corrected chi connectivity index (χ2v) is 5.22. The standard InChI is InChI=1S/C16H22N2O3/c1-13(19)18-10-9-17(16(20)8-11-21-2)12-15(18)14-6-4-3-5-7-14/h3-7,15H,8-12H2,1-2H3/t15-/m1/s1. The predicted octanol–water partition coefficient (Wildman–Crippen LogP) is 1.45. The Balaban J connectivity index is 2.13. The Hall–Kier alpha value is -1.88. The minimum atomic E-state index is -0.0658. The third kappa shape index (κ3) is 3.82. The number of benzene rings is 1. The van der Waals surface area contributed by atoms with E-state index in [0.29, 0.717) is 32.7 Å². The lowest BCUT2D eigenvalue weighted by atomic mass is 10.0. The molecule has 0 radical (unpaired) electrons. The van der Waals surface area contributed by atoms with Gasteiger partial charge in [0.1, 0.15) is 0 Å². The zero-order chi connectivity index (χ0) is 15.2. The second kappa shape index (κ2) is 7.22. The summed E-state index contributed by atoms with van der Waals surface area (Å²) in [6, 6.07) is 9.81. The summed E-state index contributed by atoms with van der Waals surface area (Å²) in [6.45, 7) is 3.73. The van der Waals surface area contributed by atoms with Crippen molar-refractivity contribution in [1.82, 2.24) is 9.80 Å². The van der Waals surface area contributed by atoms with Crippen LogP contribution in [0.1, 0.15) is 24.9 Å². The van der Waals surface area contributed by atoms with Gasteiger partial charge in [-0.25, -0.2) is 0 Å². The van der Waals surface area contributed by atoms with E-state index in [-0.39, 0.29) is 17.9 Å². The molecular weight excluding hydrogens is 268 g/mol. The van der Waals surface area contributed by atoms with Crippen molar-refractivity contribution < 1.29 is 14.3 Å². The number of rotatable bonds is 4. The molecule has 1 aromatic carbocycles. The zero-order valence-corrected chi connectivity index (χ0v) is 12.6. The van der Waals surface area contributed by atoms with Crippen molar-refractivity contribution in [1.29, 1.82) is 0 Å². The number of amides is 2. The van der Waals surface area contributed by atoms with Gasteiger partial charge in [-0.05, 0) is 5.56 Å². The van der Waals surface area contributed by atoms with Gasteiger partial charge in [0.2, 0.25) is 11.8 Å². The fourth-order valence-electron chi connectivity index (χ4n) is 2.69. The Morgan fingerprint density at radius 3 is 2.57 bits per heavy atom. The smallest absolute Gasteiger partial charge is 0.225 e. The van der Waals surface area contributed by atoms with E-state index in [1.165, 1.54) is 0 Å². The number of ether oxygens (including phenoxy) is 1. The molecule has 5 heteroatoms. The number of nitrogens with zero attached hydrogens (tertiary/aromatic N) is 2. The van der Waals surface area contributed by atoms with Gasteiger partial charge in [-0.2, -0.15) is 0 Å². The Labute approximate surface area is 125 Å². The minimum absolute atomic E-state index is 0.0489. The maximum absolute atomic E-state index is 12.2. The van der Waals surface area contributed by atoms with Crippen LogP contribution in [-0.2, 0) is 14.3 Å². The summed E-state index contributed by atoms with van der Waals surface area (Å²) in [7, 11) is 1.59. The van der Waals surface area contributed by atoms with E-state index in [4.69, 9.17) is 4.74 Å². The lowest BCUT2D eigenvalue weighted by molar-refractivity contribution is -0.142. The summed E-state index contributed by atoms with van der Waals surface area (Å²) in [4.78, 5) is 27.7. The molecule has 2 amide bonds. The van der Waals surface area contributed by atoms with E-state index in [9.17, 15) is 9.59 Å². The van der Waals surface area contributed by atoms with Crippen molar-refractivity contribution in [2.75, 3.05) is 33.4 Å². The maximum atomic E-state index is 12.2. The predicted molar refractivity (Wildman–Crippen MR) is 79.6 cm³/mol. The zero-order valence-electron chi connectivity index (χ0n) is 12.6. The van der Waals surface area contributed by atoms with Crippen LogP contribution in [0.5, 0.6) is 0 Å². The first-order valence-electron chi connectivity index (χ1n) is 7.22. The molecule has 0 saturated carbocycles. The Morgan fingerprint density at radius 1 is 1.24 bits per heavy atom. The molecule has 2 rings (SSSR count). The van der Waals surface area contributed by atoms with Gasteiger partial charge in [0.05, 0.1) is 19.1 Å². The fraction of sp³-hybridized carbons (Fsp3) is 0.500. The largest absolute Gasteiger partial charge is 0.384 e. The Kier molecular flexibility index (Phi) is 5.33. The Morgan fingerprint density at radius 2 is 1.95 bits per heavy atom. The van der Waals surface area contributed by atoms with Crippen molar-refractivity contribution in [3.8, 4) is 0 Å². The third-order valence-electron chi connectivity index (χ3n) is 3.84. The second-order valence-electron chi connectivity index (χ2n) is 5.22. The number of piperazine rings is 1. The molecule has 1 heterocycles. The van der Waals surface area contributed by atoms with Gasteiger partial charge in [0.15, 0.2) is 0 Å². The van der Waals surface area contributed by atoms with E-state index in [2.05, 4.69) is 0 Å². The van der Waals surface area contributed by atoms with Crippen molar-refractivity contribution >= 4 is 11.8 Å².